The number of carbonyl (C=O) groups is 1. The van der Waals surface area contributed by atoms with E-state index in [1.165, 1.54) is 5.56 Å². The maximum absolute atomic E-state index is 12.8. The van der Waals surface area contributed by atoms with E-state index in [4.69, 9.17) is 11.6 Å². The van der Waals surface area contributed by atoms with Gasteiger partial charge in [-0.05, 0) is 61.1 Å². The summed E-state index contributed by atoms with van der Waals surface area (Å²) in [5.74, 6) is 0.366. The van der Waals surface area contributed by atoms with Crippen LogP contribution in [0.3, 0.4) is 0 Å². The Morgan fingerprint density at radius 2 is 1.90 bits per heavy atom. The number of aliphatic hydroxyl groups is 1. The highest BCUT2D eigenvalue weighted by Gasteiger charge is 2.50. The summed E-state index contributed by atoms with van der Waals surface area (Å²) in [5.41, 5.74) is 2.84. The van der Waals surface area contributed by atoms with Crippen molar-refractivity contribution >= 4 is 23.2 Å². The summed E-state index contributed by atoms with van der Waals surface area (Å²) in [7, 11) is 0. The monoisotopic (exact) mass is 425 g/mol. The van der Waals surface area contributed by atoms with Gasteiger partial charge in [-0.1, -0.05) is 35.9 Å². The zero-order valence-corrected chi connectivity index (χ0v) is 17.8. The number of aryl methyl sites for hydroxylation is 1. The van der Waals surface area contributed by atoms with Crippen LogP contribution in [-0.2, 0) is 11.2 Å². The van der Waals surface area contributed by atoms with Gasteiger partial charge in [-0.15, -0.1) is 0 Å². The van der Waals surface area contributed by atoms with Crippen LogP contribution in [0.2, 0.25) is 5.02 Å². The number of piperidine rings is 1. The van der Waals surface area contributed by atoms with Gasteiger partial charge in [0, 0.05) is 36.3 Å². The zero-order valence-electron chi connectivity index (χ0n) is 17.1. The van der Waals surface area contributed by atoms with E-state index < -0.39 is 11.6 Å². The molecule has 2 aromatic carbocycles. The number of amides is 1. The Bertz CT molecular complexity index is 927. The van der Waals surface area contributed by atoms with Crippen LogP contribution in [0.4, 0.5) is 5.69 Å². The van der Waals surface area contributed by atoms with Crippen molar-refractivity contribution in [3.63, 3.8) is 0 Å². The van der Waals surface area contributed by atoms with Crippen molar-refractivity contribution in [1.29, 1.82) is 0 Å². The average Bonchev–Trinajstić information content (AvgIpc) is 3.08. The minimum atomic E-state index is -0.452. The Balaban J connectivity index is 1.26. The highest BCUT2D eigenvalue weighted by Crippen LogP contribution is 2.39. The van der Waals surface area contributed by atoms with E-state index in [-0.39, 0.29) is 11.8 Å². The van der Waals surface area contributed by atoms with Crippen molar-refractivity contribution in [3.8, 4) is 0 Å². The molecule has 2 N–H and O–H groups in total. The first-order valence-corrected chi connectivity index (χ1v) is 11.2. The van der Waals surface area contributed by atoms with Crippen LogP contribution >= 0.6 is 11.6 Å². The van der Waals surface area contributed by atoms with Crippen molar-refractivity contribution in [2.24, 2.45) is 5.92 Å². The van der Waals surface area contributed by atoms with Gasteiger partial charge in [0.25, 0.3) is 0 Å². The van der Waals surface area contributed by atoms with Gasteiger partial charge < -0.3 is 20.2 Å². The fraction of sp³-hybridized carbons (Fsp3) is 0.458. The van der Waals surface area contributed by atoms with E-state index >= 15 is 0 Å². The first-order valence-electron chi connectivity index (χ1n) is 10.9. The molecule has 0 aromatic heterocycles. The fourth-order valence-corrected chi connectivity index (χ4v) is 5.69. The molecule has 2 heterocycles. The van der Waals surface area contributed by atoms with Crippen molar-refractivity contribution in [1.82, 2.24) is 10.2 Å². The number of hydrogen-bond donors (Lipinski definition) is 2. The molecule has 1 amide bonds. The minimum absolute atomic E-state index is 0.148. The number of nitrogens with one attached hydrogen (secondary N) is 1. The molecule has 0 saturated carbocycles. The lowest BCUT2D eigenvalue weighted by atomic mass is 9.80. The summed E-state index contributed by atoms with van der Waals surface area (Å²) >= 11 is 6.12. The summed E-state index contributed by atoms with van der Waals surface area (Å²) in [5, 5.41) is 14.7. The molecule has 0 unspecified atom stereocenters. The highest BCUT2D eigenvalue weighted by molar-refractivity contribution is 6.30. The Morgan fingerprint density at radius 1 is 1.13 bits per heavy atom. The third-order valence-electron chi connectivity index (χ3n) is 7.24. The Kier molecular flexibility index (Phi) is 5.21. The number of aliphatic hydroxyl groups excluding tert-OH is 1. The predicted octanol–water partition coefficient (Wildman–Crippen LogP) is 3.36. The van der Waals surface area contributed by atoms with Crippen LogP contribution in [0.15, 0.2) is 48.5 Å². The van der Waals surface area contributed by atoms with Crippen LogP contribution in [0.25, 0.3) is 0 Å². The van der Waals surface area contributed by atoms with Gasteiger partial charge in [-0.3, -0.25) is 4.79 Å². The first-order chi connectivity index (χ1) is 14.6. The van der Waals surface area contributed by atoms with Crippen molar-refractivity contribution < 1.29 is 9.90 Å². The van der Waals surface area contributed by atoms with Crippen molar-refractivity contribution in [3.05, 3.63) is 64.7 Å². The summed E-state index contributed by atoms with van der Waals surface area (Å²) in [6.45, 7) is 3.18. The number of carbonyl (C=O) groups excluding carboxylic acids is 1. The molecule has 2 aromatic rings. The topological polar surface area (TPSA) is 55.8 Å². The molecule has 2 aliphatic heterocycles. The van der Waals surface area contributed by atoms with E-state index in [0.717, 1.165) is 61.6 Å². The van der Waals surface area contributed by atoms with E-state index in [2.05, 4.69) is 27.2 Å². The third-order valence-corrected chi connectivity index (χ3v) is 7.47. The van der Waals surface area contributed by atoms with Gasteiger partial charge in [0.2, 0.25) is 5.91 Å². The van der Waals surface area contributed by atoms with E-state index in [0.29, 0.717) is 6.67 Å². The number of benzene rings is 2. The molecule has 2 fully saturated rings. The van der Waals surface area contributed by atoms with Crippen LogP contribution in [0.1, 0.15) is 36.5 Å². The van der Waals surface area contributed by atoms with Gasteiger partial charge in [0.1, 0.15) is 5.54 Å². The lowest BCUT2D eigenvalue weighted by Crippen LogP contribution is -2.57. The molecule has 5 nitrogen and oxygen atoms in total. The number of fused-ring (bicyclic) bond motifs is 1. The molecular weight excluding hydrogens is 398 g/mol. The minimum Gasteiger partial charge on any atom is -0.388 e. The zero-order chi connectivity index (χ0) is 20.7. The number of hydrogen-bond acceptors (Lipinski definition) is 4. The van der Waals surface area contributed by atoms with Gasteiger partial charge in [-0.25, -0.2) is 0 Å². The van der Waals surface area contributed by atoms with E-state index in [9.17, 15) is 9.90 Å². The highest BCUT2D eigenvalue weighted by atomic mass is 35.5. The largest absolute Gasteiger partial charge is 0.388 e. The van der Waals surface area contributed by atoms with Gasteiger partial charge in [0.15, 0.2) is 0 Å². The number of anilines is 1. The van der Waals surface area contributed by atoms with Gasteiger partial charge in [-0.2, -0.15) is 0 Å². The number of rotatable bonds is 3. The first kappa shape index (κ1) is 19.9. The number of nitrogens with zero attached hydrogens (tertiary/aromatic N) is 2. The average molecular weight is 426 g/mol. The predicted molar refractivity (Wildman–Crippen MR) is 119 cm³/mol. The molecule has 0 bridgehead atoms. The molecule has 5 rings (SSSR count). The molecule has 158 valence electrons. The maximum Gasteiger partial charge on any atom is 0.247 e. The smallest absolute Gasteiger partial charge is 0.247 e. The SMILES string of the molecule is O=C1NCN(c2ccccc2)C12CCN(C[C@@H]1CCc3cc(Cl)ccc3[C@H]1O)CC2. The number of halogens is 1. The van der Waals surface area contributed by atoms with E-state index in [1.54, 1.807) is 0 Å². The van der Waals surface area contributed by atoms with E-state index in [1.807, 2.05) is 36.4 Å². The quantitative estimate of drug-likeness (QED) is 0.791. The summed E-state index contributed by atoms with van der Waals surface area (Å²) in [6.07, 6.45) is 3.09. The third kappa shape index (κ3) is 3.39. The summed E-state index contributed by atoms with van der Waals surface area (Å²) < 4.78 is 0. The van der Waals surface area contributed by atoms with Gasteiger partial charge >= 0.3 is 0 Å². The van der Waals surface area contributed by atoms with Crippen LogP contribution < -0.4 is 10.2 Å². The Labute approximate surface area is 182 Å². The molecule has 1 aliphatic carbocycles. The normalized spacial score (nSPS) is 25.9. The molecule has 1 spiro atoms. The lowest BCUT2D eigenvalue weighted by Gasteiger charge is -2.44. The molecule has 3 aliphatic rings. The lowest BCUT2D eigenvalue weighted by molar-refractivity contribution is -0.125. The molecule has 30 heavy (non-hydrogen) atoms. The molecular formula is C24H28ClN3O2. The standard InChI is InChI=1S/C24H28ClN3O2/c25-19-8-9-21-17(14-19)6-7-18(22(21)29)15-27-12-10-24(11-13-27)23(30)26-16-28(24)20-4-2-1-3-5-20/h1-5,8-9,14,18,22,29H,6-7,10-13,15-16H2,(H,26,30)/t18-,22-/m0/s1. The molecule has 6 heteroatoms. The molecule has 2 saturated heterocycles. The second-order valence-electron chi connectivity index (χ2n) is 8.85. The van der Waals surface area contributed by atoms with Crippen LogP contribution in [0, 0.1) is 5.92 Å². The summed E-state index contributed by atoms with van der Waals surface area (Å²) in [6, 6.07) is 16.0. The summed E-state index contributed by atoms with van der Waals surface area (Å²) in [4.78, 5) is 17.5. The fourth-order valence-electron chi connectivity index (χ4n) is 5.49. The molecule has 2 atom stereocenters. The van der Waals surface area contributed by atoms with Gasteiger partial charge in [0.05, 0.1) is 12.8 Å². The molecule has 0 radical (unpaired) electrons. The Hall–Kier alpha value is -2.08. The number of para-hydroxylation sites is 1. The van der Waals surface area contributed by atoms with Crippen LogP contribution in [-0.4, -0.2) is 47.8 Å². The van der Waals surface area contributed by atoms with Crippen molar-refractivity contribution in [2.75, 3.05) is 31.2 Å². The Morgan fingerprint density at radius 3 is 2.67 bits per heavy atom. The second kappa shape index (κ2) is 7.88. The number of likely N-dealkylation sites (tertiary alicyclic amines) is 1. The second-order valence-corrected chi connectivity index (χ2v) is 9.28. The maximum atomic E-state index is 12.8. The van der Waals surface area contributed by atoms with Crippen LogP contribution in [0.5, 0.6) is 0 Å². The van der Waals surface area contributed by atoms with Crippen molar-refractivity contribution in [2.45, 2.75) is 37.3 Å².